The van der Waals surface area contributed by atoms with Gasteiger partial charge in [0.05, 0.1) is 0 Å². The van der Waals surface area contributed by atoms with Gasteiger partial charge in [-0.1, -0.05) is 42.8 Å². The van der Waals surface area contributed by atoms with E-state index in [9.17, 15) is 0 Å². The van der Waals surface area contributed by atoms with E-state index in [4.69, 9.17) is 0 Å². The summed E-state index contributed by atoms with van der Waals surface area (Å²) in [5.41, 5.74) is 1.68. The quantitative estimate of drug-likeness (QED) is 0.778. The van der Waals surface area contributed by atoms with Crippen molar-refractivity contribution in [3.05, 3.63) is 58.3 Å². The monoisotopic (exact) mass is 285 g/mol. The van der Waals surface area contributed by atoms with E-state index in [1.165, 1.54) is 31.2 Å². The zero-order chi connectivity index (χ0) is 14.0. The lowest BCUT2D eigenvalue weighted by atomic mass is 9.71. The Hall–Kier alpha value is -1.12. The Labute approximate surface area is 126 Å². The van der Waals surface area contributed by atoms with Crippen molar-refractivity contribution in [2.75, 3.05) is 14.1 Å². The summed E-state index contributed by atoms with van der Waals surface area (Å²) in [6.07, 6.45) is 5.16. The van der Waals surface area contributed by atoms with Crippen molar-refractivity contribution >= 4 is 11.3 Å². The Morgan fingerprint density at radius 1 is 1.10 bits per heavy atom. The van der Waals surface area contributed by atoms with Crippen molar-refractivity contribution in [1.82, 2.24) is 4.90 Å². The van der Waals surface area contributed by atoms with Crippen LogP contribution in [0, 0.1) is 0 Å². The molecule has 1 aliphatic rings. The maximum atomic E-state index is 2.45. The first-order valence-corrected chi connectivity index (χ1v) is 8.37. The first-order valence-electron chi connectivity index (χ1n) is 7.49. The van der Waals surface area contributed by atoms with Gasteiger partial charge >= 0.3 is 0 Å². The second kappa shape index (κ2) is 5.71. The molecule has 2 heteroatoms. The third-order valence-corrected chi connectivity index (χ3v) is 5.87. The molecule has 1 nitrogen and oxygen atoms in total. The van der Waals surface area contributed by atoms with Crippen molar-refractivity contribution < 1.29 is 0 Å². The van der Waals surface area contributed by atoms with Gasteiger partial charge in [0.15, 0.2) is 0 Å². The average Bonchev–Trinajstić information content (AvgIpc) is 3.02. The molecule has 0 N–H and O–H groups in total. The number of nitrogens with zero attached hydrogens (tertiary/aromatic N) is 1. The Morgan fingerprint density at radius 3 is 2.55 bits per heavy atom. The predicted octanol–water partition coefficient (Wildman–Crippen LogP) is 4.86. The van der Waals surface area contributed by atoms with E-state index in [1.54, 1.807) is 4.88 Å². The molecule has 2 atom stereocenters. The van der Waals surface area contributed by atoms with Crippen LogP contribution in [-0.2, 0) is 5.54 Å². The van der Waals surface area contributed by atoms with E-state index in [-0.39, 0.29) is 5.54 Å². The van der Waals surface area contributed by atoms with Crippen molar-refractivity contribution in [3.8, 4) is 0 Å². The number of hydrogen-bond donors (Lipinski definition) is 0. The maximum Gasteiger partial charge on any atom is 0.0460 e. The molecule has 0 saturated heterocycles. The lowest BCUT2D eigenvalue weighted by molar-refractivity contribution is 0.0882. The van der Waals surface area contributed by atoms with Crippen molar-refractivity contribution in [3.63, 3.8) is 0 Å². The minimum absolute atomic E-state index is 0.203. The summed E-state index contributed by atoms with van der Waals surface area (Å²) in [6, 6.07) is 15.6. The van der Waals surface area contributed by atoms with Crippen molar-refractivity contribution in [2.45, 2.75) is 37.1 Å². The van der Waals surface area contributed by atoms with Gasteiger partial charge in [0.2, 0.25) is 0 Å². The molecule has 1 aromatic heterocycles. The Bertz CT molecular complexity index is 532. The highest BCUT2D eigenvalue weighted by Crippen LogP contribution is 2.47. The molecule has 3 rings (SSSR count). The molecular weight excluding hydrogens is 262 g/mol. The van der Waals surface area contributed by atoms with Crippen LogP contribution in [0.25, 0.3) is 0 Å². The fourth-order valence-corrected chi connectivity index (χ4v) is 4.56. The lowest BCUT2D eigenvalue weighted by Crippen LogP contribution is -2.44. The maximum absolute atomic E-state index is 2.45. The summed E-state index contributed by atoms with van der Waals surface area (Å²) < 4.78 is 0. The fraction of sp³-hybridized carbons (Fsp3) is 0.444. The van der Waals surface area contributed by atoms with Crippen molar-refractivity contribution in [2.24, 2.45) is 0 Å². The molecule has 1 heterocycles. The highest BCUT2D eigenvalue weighted by molar-refractivity contribution is 7.10. The van der Waals surface area contributed by atoms with Gasteiger partial charge in [0, 0.05) is 10.4 Å². The number of rotatable bonds is 3. The van der Waals surface area contributed by atoms with E-state index >= 15 is 0 Å². The summed E-state index contributed by atoms with van der Waals surface area (Å²) in [4.78, 5) is 4.01. The van der Waals surface area contributed by atoms with Gasteiger partial charge in [-0.2, -0.15) is 0 Å². The largest absolute Gasteiger partial charge is 0.300 e. The van der Waals surface area contributed by atoms with Crippen LogP contribution in [0.4, 0.5) is 0 Å². The topological polar surface area (TPSA) is 3.24 Å². The molecule has 1 fully saturated rings. The fourth-order valence-electron chi connectivity index (χ4n) is 3.69. The molecule has 0 radical (unpaired) electrons. The normalized spacial score (nSPS) is 26.9. The van der Waals surface area contributed by atoms with Gasteiger partial charge in [-0.15, -0.1) is 11.3 Å². The van der Waals surface area contributed by atoms with Gasteiger partial charge in [0.1, 0.15) is 0 Å². The van der Waals surface area contributed by atoms with Crippen LogP contribution in [-0.4, -0.2) is 19.0 Å². The van der Waals surface area contributed by atoms with Gasteiger partial charge in [0.25, 0.3) is 0 Å². The van der Waals surface area contributed by atoms with E-state index in [2.05, 4.69) is 66.8 Å². The number of benzene rings is 1. The third-order valence-electron chi connectivity index (χ3n) is 4.84. The number of thiophene rings is 1. The molecule has 1 aromatic carbocycles. The van der Waals surface area contributed by atoms with E-state index in [1.807, 2.05) is 11.3 Å². The Kier molecular flexibility index (Phi) is 3.95. The van der Waals surface area contributed by atoms with Crippen LogP contribution in [0.5, 0.6) is 0 Å². The first-order chi connectivity index (χ1) is 9.72. The second-order valence-electron chi connectivity index (χ2n) is 6.10. The van der Waals surface area contributed by atoms with Crippen LogP contribution in [0.3, 0.4) is 0 Å². The Morgan fingerprint density at radius 2 is 1.90 bits per heavy atom. The molecule has 20 heavy (non-hydrogen) atoms. The molecule has 1 aliphatic carbocycles. The highest BCUT2D eigenvalue weighted by Gasteiger charge is 2.40. The van der Waals surface area contributed by atoms with E-state index < -0.39 is 0 Å². The predicted molar refractivity (Wildman–Crippen MR) is 87.3 cm³/mol. The Balaban J connectivity index is 1.95. The standard InChI is InChI=1S/C18H23NS/c1-19(2)18(16-9-4-3-5-10-16)12-6-8-15(14-18)17-11-7-13-20-17/h3-5,7,9-11,13,15H,6,8,12,14H2,1-2H3. The molecule has 0 amide bonds. The summed E-state index contributed by atoms with van der Waals surface area (Å²) in [5.74, 6) is 0.714. The molecule has 0 aliphatic heterocycles. The molecule has 1 saturated carbocycles. The van der Waals surface area contributed by atoms with E-state index in [0.717, 1.165) is 0 Å². The van der Waals surface area contributed by atoms with Crippen LogP contribution >= 0.6 is 11.3 Å². The van der Waals surface area contributed by atoms with Gasteiger partial charge in [-0.05, 0) is 56.3 Å². The van der Waals surface area contributed by atoms with Crippen LogP contribution in [0.15, 0.2) is 47.8 Å². The number of hydrogen-bond acceptors (Lipinski definition) is 2. The smallest absolute Gasteiger partial charge is 0.0460 e. The van der Waals surface area contributed by atoms with Crippen LogP contribution in [0.2, 0.25) is 0 Å². The average molecular weight is 285 g/mol. The molecule has 2 unspecified atom stereocenters. The van der Waals surface area contributed by atoms with Gasteiger partial charge in [-0.3, -0.25) is 4.90 Å². The summed E-state index contributed by atoms with van der Waals surface area (Å²) in [5, 5.41) is 2.21. The van der Waals surface area contributed by atoms with Crippen LogP contribution in [0.1, 0.15) is 42.0 Å². The van der Waals surface area contributed by atoms with E-state index in [0.29, 0.717) is 5.92 Å². The van der Waals surface area contributed by atoms with Gasteiger partial charge in [-0.25, -0.2) is 0 Å². The zero-order valence-corrected chi connectivity index (χ0v) is 13.2. The van der Waals surface area contributed by atoms with Gasteiger partial charge < -0.3 is 0 Å². The SMILES string of the molecule is CN(C)C1(c2ccccc2)CCCC(c2cccs2)C1. The third kappa shape index (κ3) is 2.43. The lowest BCUT2D eigenvalue weighted by Gasteiger charge is -2.46. The second-order valence-corrected chi connectivity index (χ2v) is 7.08. The molecule has 0 bridgehead atoms. The minimum atomic E-state index is 0.203. The summed E-state index contributed by atoms with van der Waals surface area (Å²) in [6.45, 7) is 0. The molecular formula is C18H23NS. The molecule has 106 valence electrons. The molecule has 0 spiro atoms. The zero-order valence-electron chi connectivity index (χ0n) is 12.4. The minimum Gasteiger partial charge on any atom is -0.300 e. The van der Waals surface area contributed by atoms with Crippen molar-refractivity contribution in [1.29, 1.82) is 0 Å². The van der Waals surface area contributed by atoms with Crippen LogP contribution < -0.4 is 0 Å². The summed E-state index contributed by atoms with van der Waals surface area (Å²) >= 11 is 1.92. The highest BCUT2D eigenvalue weighted by atomic mass is 32.1. The summed E-state index contributed by atoms with van der Waals surface area (Å²) in [7, 11) is 4.48. The first kappa shape index (κ1) is 13.8. The molecule has 2 aromatic rings.